The van der Waals surface area contributed by atoms with Crippen LogP contribution in [0.5, 0.6) is 0 Å². The standard InChI is InChI=1S/C17H12BrN5O2/c1-10-20-21-16-9-6-13(22-23(10)16)11-2-4-12(5-3-11)19-17(24)14-7-8-15(18)25-14/h2-9H,1H3,(H,19,24). The number of furan rings is 1. The van der Waals surface area contributed by atoms with Crippen LogP contribution in [0.4, 0.5) is 5.69 Å². The number of hydrogen-bond donors (Lipinski definition) is 1. The number of aryl methyl sites for hydroxylation is 1. The van der Waals surface area contributed by atoms with Crippen LogP contribution >= 0.6 is 15.9 Å². The first kappa shape index (κ1) is 15.5. The smallest absolute Gasteiger partial charge is 0.291 e. The molecule has 0 bridgehead atoms. The van der Waals surface area contributed by atoms with Crippen LogP contribution in [0, 0.1) is 6.92 Å². The van der Waals surface area contributed by atoms with Gasteiger partial charge in [0, 0.05) is 11.3 Å². The minimum atomic E-state index is -0.307. The maximum Gasteiger partial charge on any atom is 0.291 e. The second-order valence-electron chi connectivity index (χ2n) is 5.37. The van der Waals surface area contributed by atoms with E-state index in [9.17, 15) is 4.79 Å². The highest BCUT2D eigenvalue weighted by Crippen LogP contribution is 2.21. The predicted molar refractivity (Wildman–Crippen MR) is 95.3 cm³/mol. The van der Waals surface area contributed by atoms with Gasteiger partial charge in [-0.3, -0.25) is 4.79 Å². The van der Waals surface area contributed by atoms with E-state index in [2.05, 4.69) is 36.5 Å². The summed E-state index contributed by atoms with van der Waals surface area (Å²) in [7, 11) is 0. The van der Waals surface area contributed by atoms with Crippen molar-refractivity contribution in [3.63, 3.8) is 0 Å². The molecule has 124 valence electrons. The predicted octanol–water partition coefficient (Wildman–Crippen LogP) is 3.71. The molecule has 3 aromatic heterocycles. The molecule has 3 heterocycles. The molecule has 0 aliphatic heterocycles. The van der Waals surface area contributed by atoms with Gasteiger partial charge in [0.1, 0.15) is 0 Å². The molecule has 4 aromatic rings. The van der Waals surface area contributed by atoms with Crippen LogP contribution in [-0.2, 0) is 0 Å². The molecule has 0 saturated heterocycles. The van der Waals surface area contributed by atoms with Crippen molar-refractivity contribution < 1.29 is 9.21 Å². The molecule has 1 N–H and O–H groups in total. The minimum Gasteiger partial charge on any atom is -0.444 e. The molecule has 8 heteroatoms. The van der Waals surface area contributed by atoms with E-state index in [1.807, 2.05) is 43.3 Å². The quantitative estimate of drug-likeness (QED) is 0.569. The number of benzene rings is 1. The Hall–Kier alpha value is -3.00. The summed E-state index contributed by atoms with van der Waals surface area (Å²) < 4.78 is 7.44. The van der Waals surface area contributed by atoms with E-state index in [0.717, 1.165) is 17.1 Å². The fourth-order valence-electron chi connectivity index (χ4n) is 2.40. The number of carbonyl (C=O) groups is 1. The third-order valence-electron chi connectivity index (χ3n) is 3.65. The molecule has 4 rings (SSSR count). The number of nitrogens with zero attached hydrogens (tertiary/aromatic N) is 4. The lowest BCUT2D eigenvalue weighted by Gasteiger charge is -2.05. The molecule has 0 saturated carbocycles. The SMILES string of the molecule is Cc1nnc2ccc(-c3ccc(NC(=O)c4ccc(Br)o4)cc3)nn12. The Morgan fingerprint density at radius 1 is 1.08 bits per heavy atom. The molecule has 0 aliphatic rings. The van der Waals surface area contributed by atoms with Crippen molar-refractivity contribution in [2.45, 2.75) is 6.92 Å². The number of halogens is 1. The summed E-state index contributed by atoms with van der Waals surface area (Å²) in [5, 5.41) is 15.3. The Kier molecular flexibility index (Phi) is 3.81. The van der Waals surface area contributed by atoms with E-state index in [-0.39, 0.29) is 11.7 Å². The van der Waals surface area contributed by atoms with Gasteiger partial charge in [0.15, 0.2) is 21.9 Å². The average molecular weight is 398 g/mol. The van der Waals surface area contributed by atoms with Crippen molar-refractivity contribution in [3.8, 4) is 11.3 Å². The molecule has 0 spiro atoms. The van der Waals surface area contributed by atoms with Gasteiger partial charge in [-0.25, -0.2) is 0 Å². The Bertz CT molecular complexity index is 1070. The summed E-state index contributed by atoms with van der Waals surface area (Å²) in [6.45, 7) is 1.85. The zero-order chi connectivity index (χ0) is 17.4. The Labute approximate surface area is 150 Å². The van der Waals surface area contributed by atoms with Gasteiger partial charge in [0.05, 0.1) is 5.69 Å². The van der Waals surface area contributed by atoms with E-state index < -0.39 is 0 Å². The number of anilines is 1. The van der Waals surface area contributed by atoms with E-state index >= 15 is 0 Å². The van der Waals surface area contributed by atoms with Crippen LogP contribution in [0.25, 0.3) is 16.9 Å². The van der Waals surface area contributed by atoms with Crippen LogP contribution in [-0.4, -0.2) is 25.7 Å². The monoisotopic (exact) mass is 397 g/mol. The highest BCUT2D eigenvalue weighted by molar-refractivity contribution is 9.10. The third-order valence-corrected chi connectivity index (χ3v) is 4.08. The lowest BCUT2D eigenvalue weighted by molar-refractivity contribution is 0.0995. The summed E-state index contributed by atoms with van der Waals surface area (Å²) in [5.74, 6) is 0.662. The van der Waals surface area contributed by atoms with Crippen molar-refractivity contribution in [2.75, 3.05) is 5.32 Å². The molecule has 7 nitrogen and oxygen atoms in total. The number of hydrogen-bond acceptors (Lipinski definition) is 5. The highest BCUT2D eigenvalue weighted by Gasteiger charge is 2.11. The van der Waals surface area contributed by atoms with Crippen LogP contribution in [0.2, 0.25) is 0 Å². The molecule has 0 radical (unpaired) electrons. The molecule has 0 unspecified atom stereocenters. The molecular weight excluding hydrogens is 386 g/mol. The molecule has 1 amide bonds. The molecule has 0 atom stereocenters. The minimum absolute atomic E-state index is 0.242. The molecule has 0 fully saturated rings. The van der Waals surface area contributed by atoms with Gasteiger partial charge < -0.3 is 9.73 Å². The number of aromatic nitrogens is 4. The Morgan fingerprint density at radius 2 is 1.88 bits per heavy atom. The van der Waals surface area contributed by atoms with Gasteiger partial charge in [0.2, 0.25) is 0 Å². The van der Waals surface area contributed by atoms with Gasteiger partial charge in [-0.2, -0.15) is 9.61 Å². The number of amides is 1. The molecule has 1 aromatic carbocycles. The third kappa shape index (κ3) is 3.03. The van der Waals surface area contributed by atoms with E-state index in [1.165, 1.54) is 0 Å². The fraction of sp³-hybridized carbons (Fsp3) is 0.0588. The van der Waals surface area contributed by atoms with Crippen LogP contribution in [0.3, 0.4) is 0 Å². The number of rotatable bonds is 3. The second kappa shape index (κ2) is 6.14. The zero-order valence-electron chi connectivity index (χ0n) is 13.1. The van der Waals surface area contributed by atoms with Gasteiger partial charge >= 0.3 is 0 Å². The molecule has 0 aliphatic carbocycles. The number of nitrogens with one attached hydrogen (secondary N) is 1. The van der Waals surface area contributed by atoms with Crippen molar-refractivity contribution in [1.29, 1.82) is 0 Å². The van der Waals surface area contributed by atoms with Gasteiger partial charge in [0.25, 0.3) is 5.91 Å². The largest absolute Gasteiger partial charge is 0.444 e. The lowest BCUT2D eigenvalue weighted by atomic mass is 10.1. The van der Waals surface area contributed by atoms with E-state index in [1.54, 1.807) is 16.6 Å². The lowest BCUT2D eigenvalue weighted by Crippen LogP contribution is -2.10. The van der Waals surface area contributed by atoms with Crippen molar-refractivity contribution in [2.24, 2.45) is 0 Å². The van der Waals surface area contributed by atoms with Crippen molar-refractivity contribution >= 4 is 33.2 Å². The molecule has 25 heavy (non-hydrogen) atoms. The highest BCUT2D eigenvalue weighted by atomic mass is 79.9. The summed E-state index contributed by atoms with van der Waals surface area (Å²) in [6.07, 6.45) is 0. The van der Waals surface area contributed by atoms with E-state index in [4.69, 9.17) is 4.42 Å². The van der Waals surface area contributed by atoms with Crippen molar-refractivity contribution in [1.82, 2.24) is 19.8 Å². The first-order valence-corrected chi connectivity index (χ1v) is 8.26. The van der Waals surface area contributed by atoms with Crippen LogP contribution < -0.4 is 5.32 Å². The number of fused-ring (bicyclic) bond motifs is 1. The first-order valence-electron chi connectivity index (χ1n) is 7.46. The first-order chi connectivity index (χ1) is 12.1. The average Bonchev–Trinajstić information content (AvgIpc) is 3.22. The maximum atomic E-state index is 12.1. The van der Waals surface area contributed by atoms with Crippen LogP contribution in [0.15, 0.2) is 57.6 Å². The van der Waals surface area contributed by atoms with Gasteiger partial charge in [-0.1, -0.05) is 12.1 Å². The Balaban J connectivity index is 1.56. The Morgan fingerprint density at radius 3 is 2.60 bits per heavy atom. The fourth-order valence-corrected chi connectivity index (χ4v) is 2.71. The van der Waals surface area contributed by atoms with Crippen molar-refractivity contribution in [3.05, 3.63) is 64.8 Å². The summed E-state index contributed by atoms with van der Waals surface area (Å²) in [5.41, 5.74) is 3.09. The van der Waals surface area contributed by atoms with Gasteiger partial charge in [-0.15, -0.1) is 10.2 Å². The van der Waals surface area contributed by atoms with E-state index in [0.29, 0.717) is 16.0 Å². The summed E-state index contributed by atoms with van der Waals surface area (Å²) in [4.78, 5) is 12.1. The second-order valence-corrected chi connectivity index (χ2v) is 6.15. The summed E-state index contributed by atoms with van der Waals surface area (Å²) >= 11 is 3.18. The zero-order valence-corrected chi connectivity index (χ0v) is 14.7. The maximum absolute atomic E-state index is 12.1. The van der Waals surface area contributed by atoms with Crippen LogP contribution in [0.1, 0.15) is 16.4 Å². The van der Waals surface area contributed by atoms with Gasteiger partial charge in [-0.05, 0) is 59.3 Å². The molecular formula is C17H12BrN5O2. The topological polar surface area (TPSA) is 85.3 Å². The number of carbonyl (C=O) groups excluding carboxylic acids is 1. The normalized spacial score (nSPS) is 11.0. The summed E-state index contributed by atoms with van der Waals surface area (Å²) in [6, 6.07) is 14.4.